The molecule has 15 aromatic heterocycles. The number of aryl methyl sites for hydroxylation is 12. The number of hydrogen-bond acceptors (Lipinski definition) is 48. The fourth-order valence-corrected chi connectivity index (χ4v) is 12.1. The highest BCUT2D eigenvalue weighted by molar-refractivity contribution is 5.97. The summed E-state index contributed by atoms with van der Waals surface area (Å²) in [5.74, 6) is -0.209. The molecule has 0 atom stereocenters. The van der Waals surface area contributed by atoms with E-state index in [0.29, 0.717) is 34.2 Å². The average Bonchev–Trinajstić information content (AvgIpc) is 1.63. The molecule has 0 fully saturated rings. The van der Waals surface area contributed by atoms with Gasteiger partial charge in [-0.1, -0.05) is 0 Å². The quantitative estimate of drug-likeness (QED) is 0.0194. The van der Waals surface area contributed by atoms with Gasteiger partial charge in [0, 0.05) is 60.5 Å². The Labute approximate surface area is 740 Å². The van der Waals surface area contributed by atoms with E-state index in [4.69, 9.17) is 62.8 Å². The fraction of sp³-hybridized carbons (Fsp3) is 0.250. The second kappa shape index (κ2) is 37.8. The van der Waals surface area contributed by atoms with Gasteiger partial charge in [-0.2, -0.15) is 89.3 Å². The molecule has 60 nitrogen and oxygen atoms in total. The molecule has 0 saturated carbocycles. The van der Waals surface area contributed by atoms with E-state index in [9.17, 15) is 28.8 Å². The average molecular weight is 1810 g/mol. The Morgan fingerprint density at radius 2 is 0.379 bits per heavy atom. The summed E-state index contributed by atoms with van der Waals surface area (Å²) in [6, 6.07) is 4.67. The van der Waals surface area contributed by atoms with Crippen molar-refractivity contribution in [1.82, 2.24) is 147 Å². The Morgan fingerprint density at radius 3 is 0.508 bits per heavy atom. The molecule has 132 heavy (non-hydrogen) atoms. The van der Waals surface area contributed by atoms with Crippen LogP contribution in [0.25, 0.3) is 34.9 Å². The van der Waals surface area contributed by atoms with E-state index in [1.807, 2.05) is 0 Å². The number of aromatic nitrogens is 30. The molecule has 678 valence electrons. The van der Waals surface area contributed by atoms with Gasteiger partial charge in [0.2, 0.25) is 0 Å². The highest BCUT2D eigenvalue weighted by Gasteiger charge is 2.29. The van der Waals surface area contributed by atoms with Crippen molar-refractivity contribution in [2.45, 2.75) is 41.5 Å². The number of esters is 6. The van der Waals surface area contributed by atoms with E-state index >= 15 is 0 Å². The van der Waals surface area contributed by atoms with Gasteiger partial charge in [0.15, 0.2) is 139 Å². The second-order valence-corrected chi connectivity index (χ2v) is 27.3. The van der Waals surface area contributed by atoms with Crippen LogP contribution in [0.2, 0.25) is 0 Å². The molecule has 0 unspecified atom stereocenters. The predicted molar refractivity (Wildman–Crippen MR) is 456 cm³/mol. The van der Waals surface area contributed by atoms with Crippen molar-refractivity contribution in [3.63, 3.8) is 0 Å². The summed E-state index contributed by atoms with van der Waals surface area (Å²) < 4.78 is 45.0. The minimum Gasteiger partial charge on any atom is -0.465 e. The lowest BCUT2D eigenvalue weighted by Gasteiger charge is -2.06. The van der Waals surface area contributed by atoms with Crippen LogP contribution in [0.3, 0.4) is 0 Å². The third kappa shape index (κ3) is 17.8. The molecule has 0 aliphatic heterocycles. The monoisotopic (exact) mass is 1810 g/mol. The highest BCUT2D eigenvalue weighted by atomic mass is 16.5. The number of nitrogens with two attached hydrogens (primary N) is 6. The Hall–Kier alpha value is -19.0. The fourth-order valence-electron chi connectivity index (χ4n) is 12.1. The zero-order valence-electron chi connectivity index (χ0n) is 73.1. The Balaban J connectivity index is 0.000000168. The lowest BCUT2D eigenvalue weighted by molar-refractivity contribution is 0.0592. The summed E-state index contributed by atoms with van der Waals surface area (Å²) in [5, 5.41) is 101. The molecule has 15 rings (SSSR count). The molecule has 15 aromatic rings. The third-order valence-electron chi connectivity index (χ3n) is 18.9. The van der Waals surface area contributed by atoms with Crippen LogP contribution < -0.4 is 34.4 Å². The smallest absolute Gasteiger partial charge is 0.343 e. The number of ether oxygens (including phenoxy) is 6. The van der Waals surface area contributed by atoms with Gasteiger partial charge in [-0.25, -0.2) is 86.8 Å². The first-order valence-electron chi connectivity index (χ1n) is 37.9. The molecular weight excluding hydrogens is 1730 g/mol. The predicted octanol–water partition coefficient (Wildman–Crippen LogP) is 7.50. The van der Waals surface area contributed by atoms with E-state index in [-0.39, 0.29) is 172 Å². The molecule has 0 spiro atoms. The van der Waals surface area contributed by atoms with E-state index < -0.39 is 35.8 Å². The minimum absolute atomic E-state index is 0.120. The number of carbonyl (C=O) groups is 6. The molecule has 15 heterocycles. The maximum Gasteiger partial charge on any atom is 0.343 e. The van der Waals surface area contributed by atoms with Crippen molar-refractivity contribution < 1.29 is 57.2 Å². The van der Waals surface area contributed by atoms with Gasteiger partial charge in [0.25, 0.3) is 0 Å². The molecule has 0 bridgehead atoms. The summed E-state index contributed by atoms with van der Waals surface area (Å²) in [7, 11) is 17.2. The standard InChI is InChI=1S/3C24H26N16O4/c3*1-11-17(31-33-21-13(23(41)43-5)8-29-37(21)3)19(25)39(35-11)15-7-16(28-10-27-15)40-20(26)18(12(2)36-40)32-34-22-14(24(42)44-6)9-30-38(22)4/h3*7-10H,25-26H2,1-6H3. The number of carbonyl (C=O) groups excluding carboxylic acids is 6. The number of methoxy groups -OCH3 is 6. The van der Waals surface area contributed by atoms with Crippen LogP contribution in [-0.4, -0.2) is 226 Å². The van der Waals surface area contributed by atoms with E-state index in [1.165, 1.54) is 155 Å². The number of hydrogen-bond donors (Lipinski definition) is 6. The van der Waals surface area contributed by atoms with E-state index in [1.54, 1.807) is 102 Å². The molecule has 60 heteroatoms. The first-order chi connectivity index (χ1) is 63.1. The van der Waals surface area contributed by atoms with Gasteiger partial charge in [0.1, 0.15) is 52.4 Å². The summed E-state index contributed by atoms with van der Waals surface area (Å²) >= 11 is 0. The van der Waals surface area contributed by atoms with Crippen molar-refractivity contribution in [2.24, 2.45) is 104 Å². The third-order valence-corrected chi connectivity index (χ3v) is 18.9. The molecule has 0 aliphatic rings. The SMILES string of the molecule is COC(=O)c1cnn(C)c1N=Nc1c(C)nn(-c2cc(-n3nc(C)c(N=Nc4c(C(=O)OC)cnn4C)c3N)ncn2)c1N.COC(=O)c1cnn(C)c1N=Nc1c(C)nn(-c2cc(-n3nc(C)c(N=Nc4c(C(=O)OC)cnn4C)c3N)ncn2)c1N.COC(=O)c1cnn(C)c1N=Nc1c(C)nn(-c2cc(-n3nc(C)c(N=Nc4c(C(=O)OC)cnn4C)c3N)ncn2)c1N. The summed E-state index contributed by atoms with van der Waals surface area (Å²) in [4.78, 5) is 98.0. The van der Waals surface area contributed by atoms with Crippen molar-refractivity contribution in [3.8, 4) is 34.9 Å². The zero-order chi connectivity index (χ0) is 95.1. The van der Waals surface area contributed by atoms with Crippen molar-refractivity contribution >= 4 is 140 Å². The van der Waals surface area contributed by atoms with Crippen LogP contribution in [0.15, 0.2) is 136 Å². The second-order valence-electron chi connectivity index (χ2n) is 27.3. The summed E-state index contributed by atoms with van der Waals surface area (Å²) in [5.41, 5.74) is 43.3. The molecule has 0 aromatic carbocycles. The molecule has 0 radical (unpaired) electrons. The van der Waals surface area contributed by atoms with Crippen LogP contribution in [0.1, 0.15) is 96.3 Å². The molecule has 0 amide bonds. The van der Waals surface area contributed by atoms with Crippen LogP contribution in [0.4, 0.5) is 104 Å². The van der Waals surface area contributed by atoms with Crippen LogP contribution in [-0.2, 0) is 70.7 Å². The van der Waals surface area contributed by atoms with Crippen LogP contribution in [0, 0.1) is 41.5 Å². The topological polar surface area (TPSA) is 753 Å². The van der Waals surface area contributed by atoms with E-state index in [2.05, 4.69) is 152 Å². The van der Waals surface area contributed by atoms with Gasteiger partial charge < -0.3 is 62.8 Å². The molecule has 0 saturated heterocycles. The number of rotatable bonds is 24. The largest absolute Gasteiger partial charge is 0.465 e. The zero-order valence-corrected chi connectivity index (χ0v) is 73.1. The van der Waals surface area contributed by atoms with Gasteiger partial charge in [-0.05, 0) is 41.5 Å². The number of azo groups is 6. The van der Waals surface area contributed by atoms with Crippen molar-refractivity contribution in [1.29, 1.82) is 0 Å². The van der Waals surface area contributed by atoms with Crippen molar-refractivity contribution in [2.75, 3.05) is 77.1 Å². The highest BCUT2D eigenvalue weighted by Crippen LogP contribution is 2.39. The maximum atomic E-state index is 12.1. The van der Waals surface area contributed by atoms with Gasteiger partial charge in [-0.15, -0.1) is 61.4 Å². The lowest BCUT2D eigenvalue weighted by Crippen LogP contribution is -2.09. The van der Waals surface area contributed by atoms with Gasteiger partial charge in [0.05, 0.1) is 114 Å². The van der Waals surface area contributed by atoms with Gasteiger partial charge in [-0.3, -0.25) is 0 Å². The minimum atomic E-state index is -0.610. The van der Waals surface area contributed by atoms with Crippen LogP contribution in [0.5, 0.6) is 0 Å². The molecule has 0 aliphatic carbocycles. The first-order valence-corrected chi connectivity index (χ1v) is 37.9. The summed E-state index contributed by atoms with van der Waals surface area (Å²) in [6.45, 7) is 10.1. The Bertz CT molecular complexity index is 6140. The number of nitrogen functional groups attached to an aromatic ring is 6. The summed E-state index contributed by atoms with van der Waals surface area (Å²) in [6.07, 6.45) is 11.8. The number of nitrogens with zero attached hydrogens (tertiary/aromatic N) is 42. The van der Waals surface area contributed by atoms with Crippen molar-refractivity contribution in [3.05, 3.63) is 142 Å². The normalized spacial score (nSPS) is 11.6. The lowest BCUT2D eigenvalue weighted by atomic mass is 10.3. The Morgan fingerprint density at radius 1 is 0.242 bits per heavy atom. The molecule has 12 N–H and O–H groups in total. The van der Waals surface area contributed by atoms with Crippen LogP contribution >= 0.6 is 0 Å². The van der Waals surface area contributed by atoms with Gasteiger partial charge >= 0.3 is 35.8 Å². The number of anilines is 6. The maximum absolute atomic E-state index is 12.1. The van der Waals surface area contributed by atoms with E-state index in [0.717, 1.165) is 0 Å². The first kappa shape index (κ1) is 90.7. The Kier molecular flexibility index (Phi) is 26.0. The molecular formula is C72H78N48O12.